The van der Waals surface area contributed by atoms with Gasteiger partial charge in [-0.25, -0.2) is 4.79 Å². The summed E-state index contributed by atoms with van der Waals surface area (Å²) in [4.78, 5) is 18.1. The molecule has 8 nitrogen and oxygen atoms in total. The molecule has 3 rings (SSSR count). The van der Waals surface area contributed by atoms with Crippen LogP contribution in [0.2, 0.25) is 5.02 Å². The number of carbonyl (C=O) groups is 1. The van der Waals surface area contributed by atoms with E-state index in [1.807, 2.05) is 0 Å². The van der Waals surface area contributed by atoms with Gasteiger partial charge in [0.1, 0.15) is 6.54 Å². The third-order valence-corrected chi connectivity index (χ3v) is 4.14. The Bertz CT molecular complexity index is 976. The van der Waals surface area contributed by atoms with Crippen LogP contribution in [0.25, 0.3) is 11.4 Å². The summed E-state index contributed by atoms with van der Waals surface area (Å²) >= 11 is 5.92. The van der Waals surface area contributed by atoms with Gasteiger partial charge in [-0.1, -0.05) is 22.8 Å². The summed E-state index contributed by atoms with van der Waals surface area (Å²) in [5.74, 6) is 1.85. The fourth-order valence-electron chi connectivity index (χ4n) is 2.47. The zero-order valence-corrected chi connectivity index (χ0v) is 16.4. The molecule has 0 fully saturated rings. The highest BCUT2D eigenvalue weighted by Crippen LogP contribution is 2.31. The fraction of sp³-hybridized carbons (Fsp3) is 0.211. The van der Waals surface area contributed by atoms with Crippen molar-refractivity contribution in [3.63, 3.8) is 0 Å². The number of rotatable bonds is 6. The van der Waals surface area contributed by atoms with E-state index in [4.69, 9.17) is 25.6 Å². The van der Waals surface area contributed by atoms with Crippen molar-refractivity contribution in [2.24, 2.45) is 0 Å². The van der Waals surface area contributed by atoms with Crippen molar-refractivity contribution >= 4 is 23.3 Å². The Morgan fingerprint density at radius 3 is 2.68 bits per heavy atom. The topological polar surface area (TPSA) is 89.7 Å². The number of urea groups is 1. The van der Waals surface area contributed by atoms with Gasteiger partial charge in [-0.3, -0.25) is 0 Å². The fourth-order valence-corrected chi connectivity index (χ4v) is 2.66. The molecule has 0 aliphatic rings. The summed E-state index contributed by atoms with van der Waals surface area (Å²) in [6.07, 6.45) is 0. The molecule has 28 heavy (non-hydrogen) atoms. The Hall–Kier alpha value is -3.26. The Kier molecular flexibility index (Phi) is 6.00. The van der Waals surface area contributed by atoms with Gasteiger partial charge in [0.25, 0.3) is 0 Å². The summed E-state index contributed by atoms with van der Waals surface area (Å²) in [6.45, 7) is 0.146. The van der Waals surface area contributed by atoms with E-state index in [1.54, 1.807) is 63.7 Å². The van der Waals surface area contributed by atoms with Crippen LogP contribution in [-0.4, -0.2) is 42.3 Å². The highest BCUT2D eigenvalue weighted by Gasteiger charge is 2.16. The number of nitrogens with one attached hydrogen (secondary N) is 1. The van der Waals surface area contributed by atoms with E-state index in [0.717, 1.165) is 0 Å². The largest absolute Gasteiger partial charge is 0.493 e. The highest BCUT2D eigenvalue weighted by atomic mass is 35.5. The lowest BCUT2D eigenvalue weighted by atomic mass is 10.2. The average molecular weight is 403 g/mol. The molecule has 0 saturated heterocycles. The minimum absolute atomic E-state index is 0.146. The Labute approximate surface area is 167 Å². The summed E-state index contributed by atoms with van der Waals surface area (Å²) in [6, 6.07) is 11.9. The first kappa shape index (κ1) is 19.5. The van der Waals surface area contributed by atoms with E-state index >= 15 is 0 Å². The first-order chi connectivity index (χ1) is 13.5. The van der Waals surface area contributed by atoms with Crippen LogP contribution in [0.4, 0.5) is 10.5 Å². The maximum absolute atomic E-state index is 12.3. The molecule has 1 heterocycles. The third-order valence-electron chi connectivity index (χ3n) is 3.90. The average Bonchev–Trinajstić information content (AvgIpc) is 3.15. The van der Waals surface area contributed by atoms with Gasteiger partial charge in [-0.15, -0.1) is 0 Å². The molecule has 0 bridgehead atoms. The van der Waals surface area contributed by atoms with Gasteiger partial charge in [0, 0.05) is 23.3 Å². The number of hydrogen-bond acceptors (Lipinski definition) is 6. The molecule has 0 saturated carbocycles. The van der Waals surface area contributed by atoms with Gasteiger partial charge in [0.15, 0.2) is 11.5 Å². The molecule has 2 aromatic carbocycles. The second-order valence-corrected chi connectivity index (χ2v) is 6.31. The molecule has 0 aliphatic heterocycles. The predicted octanol–water partition coefficient (Wildman–Crippen LogP) is 4.07. The van der Waals surface area contributed by atoms with Crippen molar-refractivity contribution in [3.05, 3.63) is 53.4 Å². The second kappa shape index (κ2) is 8.62. The number of hydrogen-bond donors (Lipinski definition) is 1. The monoisotopic (exact) mass is 402 g/mol. The Morgan fingerprint density at radius 1 is 1.18 bits per heavy atom. The smallest absolute Gasteiger partial charge is 0.322 e. The van der Waals surface area contributed by atoms with Crippen molar-refractivity contribution in [2.45, 2.75) is 6.54 Å². The summed E-state index contributed by atoms with van der Waals surface area (Å²) in [5, 5.41) is 7.26. The van der Waals surface area contributed by atoms with E-state index in [2.05, 4.69) is 15.5 Å². The lowest BCUT2D eigenvalue weighted by molar-refractivity contribution is 0.213. The molecule has 0 aliphatic carbocycles. The Morgan fingerprint density at radius 2 is 1.96 bits per heavy atom. The molecular weight excluding hydrogens is 384 g/mol. The number of carbonyl (C=O) groups excluding carboxylic acids is 1. The van der Waals surface area contributed by atoms with Gasteiger partial charge in [-0.2, -0.15) is 4.98 Å². The third kappa shape index (κ3) is 4.52. The van der Waals surface area contributed by atoms with Gasteiger partial charge >= 0.3 is 6.03 Å². The minimum Gasteiger partial charge on any atom is -0.493 e. The molecule has 1 N–H and O–H groups in total. The molecule has 146 valence electrons. The van der Waals surface area contributed by atoms with Crippen LogP contribution in [0.5, 0.6) is 11.5 Å². The number of nitrogens with zero attached hydrogens (tertiary/aromatic N) is 3. The summed E-state index contributed by atoms with van der Waals surface area (Å²) in [7, 11) is 4.74. The number of amides is 2. The molecule has 2 amide bonds. The van der Waals surface area contributed by atoms with Gasteiger partial charge < -0.3 is 24.2 Å². The van der Waals surface area contributed by atoms with E-state index in [0.29, 0.717) is 39.5 Å². The van der Waals surface area contributed by atoms with Crippen molar-refractivity contribution in [1.82, 2.24) is 15.0 Å². The number of methoxy groups -OCH3 is 2. The molecule has 0 unspecified atom stereocenters. The minimum atomic E-state index is -0.326. The van der Waals surface area contributed by atoms with Crippen LogP contribution in [0, 0.1) is 0 Å². The van der Waals surface area contributed by atoms with Crippen molar-refractivity contribution < 1.29 is 18.8 Å². The van der Waals surface area contributed by atoms with Gasteiger partial charge in [-0.05, 0) is 36.4 Å². The number of halogens is 1. The molecule has 9 heteroatoms. The summed E-state index contributed by atoms with van der Waals surface area (Å²) < 4.78 is 15.8. The van der Waals surface area contributed by atoms with E-state index in [-0.39, 0.29) is 12.6 Å². The van der Waals surface area contributed by atoms with Crippen LogP contribution in [0.3, 0.4) is 0 Å². The van der Waals surface area contributed by atoms with E-state index in [9.17, 15) is 4.79 Å². The second-order valence-electron chi connectivity index (χ2n) is 5.88. The molecule has 0 spiro atoms. The molecule has 0 radical (unpaired) electrons. The maximum atomic E-state index is 12.3. The van der Waals surface area contributed by atoms with Crippen LogP contribution in [-0.2, 0) is 6.54 Å². The number of benzene rings is 2. The van der Waals surface area contributed by atoms with E-state index in [1.165, 1.54) is 4.90 Å². The van der Waals surface area contributed by atoms with Crippen LogP contribution in [0.15, 0.2) is 47.0 Å². The van der Waals surface area contributed by atoms with Gasteiger partial charge in [0.2, 0.25) is 11.7 Å². The number of ether oxygens (including phenoxy) is 2. The molecule has 3 aromatic rings. The van der Waals surface area contributed by atoms with Crippen molar-refractivity contribution in [3.8, 4) is 22.9 Å². The zero-order valence-electron chi connectivity index (χ0n) is 15.6. The first-order valence-electron chi connectivity index (χ1n) is 8.33. The number of anilines is 1. The van der Waals surface area contributed by atoms with Crippen LogP contribution in [0.1, 0.15) is 5.89 Å². The lowest BCUT2D eigenvalue weighted by Gasteiger charge is -2.15. The van der Waals surface area contributed by atoms with Crippen molar-refractivity contribution in [1.29, 1.82) is 0 Å². The SMILES string of the molecule is COc1ccc(-c2noc(CN(C)C(=O)Nc3cccc(Cl)c3)n2)cc1OC. The normalized spacial score (nSPS) is 10.4. The van der Waals surface area contributed by atoms with Crippen molar-refractivity contribution in [2.75, 3.05) is 26.6 Å². The molecule has 0 atom stereocenters. The first-order valence-corrected chi connectivity index (χ1v) is 8.70. The Balaban J connectivity index is 1.67. The van der Waals surface area contributed by atoms with Crippen LogP contribution >= 0.6 is 11.6 Å². The highest BCUT2D eigenvalue weighted by molar-refractivity contribution is 6.30. The van der Waals surface area contributed by atoms with E-state index < -0.39 is 0 Å². The molecular formula is C19H19ClN4O4. The lowest BCUT2D eigenvalue weighted by Crippen LogP contribution is -2.30. The quantitative estimate of drug-likeness (QED) is 0.668. The van der Waals surface area contributed by atoms with Crippen LogP contribution < -0.4 is 14.8 Å². The standard InChI is InChI=1S/C19H19ClN4O4/c1-24(19(25)21-14-6-4-5-13(20)10-14)11-17-22-18(23-28-17)12-7-8-15(26-2)16(9-12)27-3/h4-10H,11H2,1-3H3,(H,21,25). The van der Waals surface area contributed by atoms with Gasteiger partial charge in [0.05, 0.1) is 14.2 Å². The zero-order chi connectivity index (χ0) is 20.1. The predicted molar refractivity (Wildman–Crippen MR) is 105 cm³/mol. The summed E-state index contributed by atoms with van der Waals surface area (Å²) in [5.41, 5.74) is 1.31. The number of aromatic nitrogens is 2. The molecule has 1 aromatic heterocycles. The maximum Gasteiger partial charge on any atom is 0.322 e.